The molecule has 2 fully saturated rings. The molecular weight excluding hydrogens is 464 g/mol. The number of morpholine rings is 2. The minimum Gasteiger partial charge on any atom is -0.507 e. The van der Waals surface area contributed by atoms with Crippen LogP contribution in [0.1, 0.15) is 51.3 Å². The molecule has 0 spiro atoms. The maximum Gasteiger partial charge on any atom is 0.306 e. The molecule has 198 valence electrons. The number of nitrogens with one attached hydrogen (secondary N) is 1. The van der Waals surface area contributed by atoms with E-state index >= 15 is 0 Å². The highest BCUT2D eigenvalue weighted by atomic mass is 16.6. The Kier molecular flexibility index (Phi) is 8.22. The SMILES string of the molecule is CC(C)CC(=O)O[C@@H]1[C@H]([NH+]2CCOCC2)c2c(ccc(/C=C/C(=O)N3CCOCC3)c2O)OC1(C)C. The molecule has 2 saturated heterocycles. The lowest BCUT2D eigenvalue weighted by Gasteiger charge is -2.46. The van der Waals surface area contributed by atoms with Crippen molar-refractivity contribution in [2.75, 3.05) is 52.6 Å². The van der Waals surface area contributed by atoms with Crippen LogP contribution in [0.4, 0.5) is 0 Å². The summed E-state index contributed by atoms with van der Waals surface area (Å²) in [7, 11) is 0. The molecule has 3 aliphatic rings. The Morgan fingerprint density at radius 1 is 1.17 bits per heavy atom. The summed E-state index contributed by atoms with van der Waals surface area (Å²) in [5.41, 5.74) is 0.323. The molecule has 3 heterocycles. The number of phenolic OH excluding ortho intramolecular Hbond substituents is 1. The van der Waals surface area contributed by atoms with Crippen molar-refractivity contribution in [2.45, 2.75) is 51.9 Å². The van der Waals surface area contributed by atoms with Gasteiger partial charge in [0.15, 0.2) is 12.1 Å². The molecule has 2 atom stereocenters. The molecule has 1 aromatic rings. The highest BCUT2D eigenvalue weighted by Gasteiger charge is 2.53. The van der Waals surface area contributed by atoms with Crippen LogP contribution in [0.15, 0.2) is 18.2 Å². The maximum absolute atomic E-state index is 12.8. The summed E-state index contributed by atoms with van der Waals surface area (Å²) in [5, 5.41) is 11.5. The van der Waals surface area contributed by atoms with E-state index in [1.54, 1.807) is 17.0 Å². The second-order valence-electron chi connectivity index (χ2n) is 10.6. The number of carbonyl (C=O) groups excluding carboxylic acids is 2. The molecule has 9 heteroatoms. The van der Waals surface area contributed by atoms with Crippen LogP contribution in [-0.2, 0) is 23.8 Å². The predicted octanol–water partition coefficient (Wildman–Crippen LogP) is 1.35. The van der Waals surface area contributed by atoms with Crippen LogP contribution in [0.3, 0.4) is 0 Å². The Morgan fingerprint density at radius 2 is 1.83 bits per heavy atom. The van der Waals surface area contributed by atoms with Gasteiger partial charge >= 0.3 is 5.97 Å². The average molecular weight is 504 g/mol. The van der Waals surface area contributed by atoms with Crippen molar-refractivity contribution >= 4 is 18.0 Å². The fraction of sp³-hybridized carbons (Fsp3) is 0.630. The smallest absolute Gasteiger partial charge is 0.306 e. The van der Waals surface area contributed by atoms with Crippen LogP contribution in [0.25, 0.3) is 6.08 Å². The van der Waals surface area contributed by atoms with Gasteiger partial charge in [0.05, 0.1) is 32.0 Å². The number of nitrogens with zero attached hydrogens (tertiary/aromatic N) is 1. The van der Waals surface area contributed by atoms with Gasteiger partial charge in [0.2, 0.25) is 5.91 Å². The van der Waals surface area contributed by atoms with Crippen LogP contribution >= 0.6 is 0 Å². The second-order valence-corrected chi connectivity index (χ2v) is 10.6. The molecule has 1 amide bonds. The number of rotatable bonds is 6. The van der Waals surface area contributed by atoms with Crippen molar-refractivity contribution in [1.82, 2.24) is 4.90 Å². The van der Waals surface area contributed by atoms with Crippen molar-refractivity contribution in [2.24, 2.45) is 5.92 Å². The van der Waals surface area contributed by atoms with Gasteiger partial charge < -0.3 is 33.9 Å². The number of ether oxygens (including phenoxy) is 4. The monoisotopic (exact) mass is 503 g/mol. The summed E-state index contributed by atoms with van der Waals surface area (Å²) in [4.78, 5) is 28.3. The third-order valence-corrected chi connectivity index (χ3v) is 7.02. The van der Waals surface area contributed by atoms with Gasteiger partial charge in [-0.25, -0.2) is 0 Å². The molecule has 9 nitrogen and oxygen atoms in total. The normalized spacial score (nSPS) is 24.4. The van der Waals surface area contributed by atoms with Crippen LogP contribution < -0.4 is 9.64 Å². The number of hydrogen-bond acceptors (Lipinski definition) is 7. The topological polar surface area (TPSA) is 99.0 Å². The first-order valence-electron chi connectivity index (χ1n) is 12.9. The Balaban J connectivity index is 1.69. The largest absolute Gasteiger partial charge is 0.507 e. The molecular formula is C27H39N2O7+. The highest BCUT2D eigenvalue weighted by Crippen LogP contribution is 2.46. The van der Waals surface area contributed by atoms with Crippen molar-refractivity contribution < 1.29 is 38.5 Å². The van der Waals surface area contributed by atoms with Crippen LogP contribution in [0, 0.1) is 5.92 Å². The maximum atomic E-state index is 12.8. The molecule has 0 radical (unpaired) electrons. The van der Waals surface area contributed by atoms with Crippen LogP contribution in [-0.4, -0.2) is 86.2 Å². The van der Waals surface area contributed by atoms with Gasteiger partial charge in [-0.15, -0.1) is 0 Å². The van der Waals surface area contributed by atoms with Gasteiger partial charge in [-0.05, 0) is 38.0 Å². The molecule has 0 bridgehead atoms. The van der Waals surface area contributed by atoms with Crippen molar-refractivity contribution in [1.29, 1.82) is 0 Å². The zero-order chi connectivity index (χ0) is 25.9. The zero-order valence-electron chi connectivity index (χ0n) is 21.7. The number of benzene rings is 1. The van der Waals surface area contributed by atoms with Crippen molar-refractivity contribution in [3.05, 3.63) is 29.3 Å². The van der Waals surface area contributed by atoms with Gasteiger partial charge in [-0.3, -0.25) is 9.59 Å². The van der Waals surface area contributed by atoms with Crippen LogP contribution in [0.2, 0.25) is 0 Å². The van der Waals surface area contributed by atoms with Crippen molar-refractivity contribution in [3.8, 4) is 11.5 Å². The molecule has 2 N–H and O–H groups in total. The van der Waals surface area contributed by atoms with Gasteiger partial charge in [-0.1, -0.05) is 13.8 Å². The zero-order valence-corrected chi connectivity index (χ0v) is 21.7. The standard InChI is InChI=1S/C27H38N2O7/c1-18(2)17-22(31)35-26-24(29-11-15-34-16-12-29)23-20(36-27(26,3)4)7-5-19(25(23)32)6-8-21(30)28-9-13-33-14-10-28/h5-8,18,24,26,32H,9-17H2,1-4H3/p+1/b8-6+/t24-,26-/m1/s1. The number of quaternary nitrogens is 1. The van der Waals surface area contributed by atoms with Gasteiger partial charge in [-0.2, -0.15) is 0 Å². The van der Waals surface area contributed by atoms with E-state index in [1.807, 2.05) is 33.8 Å². The number of esters is 1. The third-order valence-electron chi connectivity index (χ3n) is 7.02. The summed E-state index contributed by atoms with van der Waals surface area (Å²) >= 11 is 0. The average Bonchev–Trinajstić information content (AvgIpc) is 2.84. The summed E-state index contributed by atoms with van der Waals surface area (Å²) in [6.45, 7) is 12.6. The number of hydrogen-bond donors (Lipinski definition) is 2. The molecule has 36 heavy (non-hydrogen) atoms. The summed E-state index contributed by atoms with van der Waals surface area (Å²) in [6.07, 6.45) is 2.82. The van der Waals surface area contributed by atoms with Gasteiger partial charge in [0, 0.05) is 31.1 Å². The van der Waals surface area contributed by atoms with Crippen LogP contribution in [0.5, 0.6) is 11.5 Å². The van der Waals surface area contributed by atoms with Gasteiger partial charge in [0.1, 0.15) is 30.2 Å². The number of carbonyl (C=O) groups is 2. The Morgan fingerprint density at radius 3 is 2.50 bits per heavy atom. The fourth-order valence-electron chi connectivity index (χ4n) is 5.17. The predicted molar refractivity (Wildman–Crippen MR) is 133 cm³/mol. The molecule has 4 rings (SSSR count). The summed E-state index contributed by atoms with van der Waals surface area (Å²) in [5.74, 6) is 0.376. The third kappa shape index (κ3) is 5.85. The molecule has 1 aromatic carbocycles. The first kappa shape index (κ1) is 26.4. The van der Waals surface area contributed by atoms with E-state index in [-0.39, 0.29) is 29.6 Å². The van der Waals surface area contributed by atoms with Gasteiger partial charge in [0.25, 0.3) is 0 Å². The lowest BCUT2D eigenvalue weighted by molar-refractivity contribution is -0.944. The number of phenols is 1. The number of fused-ring (bicyclic) bond motifs is 1. The second kappa shape index (κ2) is 11.2. The van der Waals surface area contributed by atoms with E-state index < -0.39 is 11.7 Å². The highest BCUT2D eigenvalue weighted by molar-refractivity contribution is 5.92. The quantitative estimate of drug-likeness (QED) is 0.447. The van der Waals surface area contributed by atoms with E-state index in [9.17, 15) is 14.7 Å². The summed E-state index contributed by atoms with van der Waals surface area (Å²) in [6, 6.07) is 3.24. The van der Waals surface area contributed by atoms with E-state index in [2.05, 4.69) is 0 Å². The first-order valence-corrected chi connectivity index (χ1v) is 12.9. The van der Waals surface area contributed by atoms with E-state index in [1.165, 1.54) is 11.0 Å². The van der Waals surface area contributed by atoms with E-state index in [0.29, 0.717) is 75.9 Å². The fourth-order valence-corrected chi connectivity index (χ4v) is 5.17. The van der Waals surface area contributed by atoms with E-state index in [4.69, 9.17) is 18.9 Å². The molecule has 0 aliphatic carbocycles. The minimum atomic E-state index is -0.800. The Labute approximate surface area is 212 Å². The first-order chi connectivity index (χ1) is 17.2. The Bertz CT molecular complexity index is 979. The summed E-state index contributed by atoms with van der Waals surface area (Å²) < 4.78 is 23.3. The number of aromatic hydroxyl groups is 1. The van der Waals surface area contributed by atoms with Crippen molar-refractivity contribution in [3.63, 3.8) is 0 Å². The molecule has 0 aromatic heterocycles. The Hall–Kier alpha value is -2.62. The number of amides is 1. The minimum absolute atomic E-state index is 0.0444. The van der Waals surface area contributed by atoms with E-state index in [0.717, 1.165) is 0 Å². The lowest BCUT2D eigenvalue weighted by atomic mass is 9.83. The lowest BCUT2D eigenvalue weighted by Crippen LogP contribution is -3.16. The molecule has 0 unspecified atom stereocenters. The molecule has 3 aliphatic heterocycles. The molecule has 0 saturated carbocycles.